The number of hydrogen-bond acceptors (Lipinski definition) is 5. The highest BCUT2D eigenvalue weighted by Gasteiger charge is 2.56. The molecule has 7 nitrogen and oxygen atoms in total. The van der Waals surface area contributed by atoms with E-state index in [1.807, 2.05) is 0 Å². The van der Waals surface area contributed by atoms with Gasteiger partial charge in [0.05, 0.1) is 28.7 Å². The first-order valence-corrected chi connectivity index (χ1v) is 9.23. The third kappa shape index (κ3) is 2.83. The van der Waals surface area contributed by atoms with Crippen LogP contribution in [-0.4, -0.2) is 53.3 Å². The van der Waals surface area contributed by atoms with Gasteiger partial charge >= 0.3 is 5.97 Å². The zero-order valence-electron chi connectivity index (χ0n) is 13.2. The summed E-state index contributed by atoms with van der Waals surface area (Å²) in [7, 11) is -3.89. The molecule has 25 heavy (non-hydrogen) atoms. The Balaban J connectivity index is 1.93. The third-order valence-electron chi connectivity index (χ3n) is 4.56. The predicted octanol–water partition coefficient (Wildman–Crippen LogP) is 0.550. The number of aliphatic carboxylic acids is 1. The van der Waals surface area contributed by atoms with Crippen molar-refractivity contribution >= 4 is 21.7 Å². The van der Waals surface area contributed by atoms with E-state index in [1.165, 1.54) is 6.92 Å². The van der Waals surface area contributed by atoms with Gasteiger partial charge in [0.25, 0.3) is 0 Å². The van der Waals surface area contributed by atoms with Gasteiger partial charge in [0, 0.05) is 0 Å². The predicted molar refractivity (Wildman–Crippen MR) is 83.5 cm³/mol. The molecule has 0 spiro atoms. The number of aliphatic hydroxyl groups is 1. The molecule has 9 heteroatoms. The minimum absolute atomic E-state index is 0.0728. The molecule has 0 aliphatic carbocycles. The molecule has 2 N–H and O–H groups in total. The van der Waals surface area contributed by atoms with E-state index >= 15 is 0 Å². The van der Waals surface area contributed by atoms with Crippen molar-refractivity contribution in [1.82, 2.24) is 4.90 Å². The van der Waals surface area contributed by atoms with Gasteiger partial charge in [-0.25, -0.2) is 17.6 Å². The van der Waals surface area contributed by atoms with Crippen LogP contribution in [0.2, 0.25) is 0 Å². The summed E-state index contributed by atoms with van der Waals surface area (Å²) in [6.45, 7) is 1.44. The van der Waals surface area contributed by atoms with Gasteiger partial charge in [-0.3, -0.25) is 4.79 Å². The molecule has 1 amide bonds. The van der Waals surface area contributed by atoms with Crippen molar-refractivity contribution in [3.8, 4) is 0 Å². The first-order valence-electron chi connectivity index (χ1n) is 7.58. The van der Waals surface area contributed by atoms with Gasteiger partial charge in [-0.2, -0.15) is 0 Å². The number of sulfone groups is 1. The van der Waals surface area contributed by atoms with Gasteiger partial charge in [0.2, 0.25) is 5.91 Å². The molecule has 0 radical (unpaired) electrons. The fourth-order valence-electron chi connectivity index (χ4n) is 3.44. The van der Waals surface area contributed by atoms with Gasteiger partial charge in [-0.15, -0.1) is 0 Å². The van der Waals surface area contributed by atoms with Gasteiger partial charge in [0.1, 0.15) is 11.5 Å². The number of nitrogens with zero attached hydrogens (tertiary/aromatic N) is 1. The second kappa shape index (κ2) is 5.92. The number of carbonyl (C=O) groups excluding carboxylic acids is 1. The van der Waals surface area contributed by atoms with Crippen molar-refractivity contribution in [3.05, 3.63) is 41.4 Å². The minimum atomic E-state index is -3.89. The molecule has 1 fully saturated rings. The molecule has 1 saturated heterocycles. The lowest BCUT2D eigenvalue weighted by molar-refractivity contribution is -0.161. The number of hydrogen-bond donors (Lipinski definition) is 2. The number of fused-ring (bicyclic) bond motifs is 1. The molecule has 0 bridgehead atoms. The van der Waals surface area contributed by atoms with Gasteiger partial charge in [-0.1, -0.05) is 0 Å². The zero-order chi connectivity index (χ0) is 18.5. The number of amides is 1. The van der Waals surface area contributed by atoms with Gasteiger partial charge < -0.3 is 15.1 Å². The second-order valence-corrected chi connectivity index (χ2v) is 8.21. The molecule has 1 aromatic rings. The first-order chi connectivity index (χ1) is 11.6. The Morgan fingerprint density at radius 1 is 1.36 bits per heavy atom. The van der Waals surface area contributed by atoms with E-state index in [2.05, 4.69) is 0 Å². The van der Waals surface area contributed by atoms with Crippen molar-refractivity contribution in [1.29, 1.82) is 0 Å². The number of benzene rings is 1. The van der Waals surface area contributed by atoms with Crippen LogP contribution in [0.3, 0.4) is 0 Å². The highest BCUT2D eigenvalue weighted by atomic mass is 32.2. The van der Waals surface area contributed by atoms with Crippen LogP contribution in [0.1, 0.15) is 13.3 Å². The van der Waals surface area contributed by atoms with E-state index in [9.17, 15) is 32.6 Å². The number of carboxylic acids is 1. The monoisotopic (exact) mass is 369 g/mol. The standard InChI is InChI=1S/C16H16FNO6S/c1-8(19)13-12-6-9(14(16(21)22)18(12)15(13)20)7-25(23,24)11-4-2-10(17)3-5-11/h2-5,8,12-13,19H,6-7H2,1H3,(H,21,22)/t8-,12-,13-/m1/s1. The van der Waals surface area contributed by atoms with Gasteiger partial charge in [0.15, 0.2) is 9.84 Å². The molecular weight excluding hydrogens is 353 g/mol. The lowest BCUT2D eigenvalue weighted by Crippen LogP contribution is -2.61. The summed E-state index contributed by atoms with van der Waals surface area (Å²) < 4.78 is 38.0. The Bertz CT molecular complexity index is 874. The van der Waals surface area contributed by atoms with Crippen LogP contribution in [0.15, 0.2) is 40.4 Å². The van der Waals surface area contributed by atoms with E-state index in [4.69, 9.17) is 0 Å². The van der Waals surface area contributed by atoms with Crippen LogP contribution in [0.25, 0.3) is 0 Å². The third-order valence-corrected chi connectivity index (χ3v) is 6.28. The lowest BCUT2D eigenvalue weighted by atomic mass is 9.83. The van der Waals surface area contributed by atoms with Crippen LogP contribution in [-0.2, 0) is 19.4 Å². The quantitative estimate of drug-likeness (QED) is 0.579. The van der Waals surface area contributed by atoms with Crippen LogP contribution in [0, 0.1) is 11.7 Å². The average Bonchev–Trinajstić information content (AvgIpc) is 2.81. The fourth-order valence-corrected chi connectivity index (χ4v) is 4.88. The van der Waals surface area contributed by atoms with E-state index in [-0.39, 0.29) is 22.6 Å². The number of rotatable bonds is 5. The maximum Gasteiger partial charge on any atom is 0.352 e. The smallest absolute Gasteiger partial charge is 0.352 e. The number of aliphatic hydroxyl groups excluding tert-OH is 1. The highest BCUT2D eigenvalue weighted by molar-refractivity contribution is 7.91. The Kier molecular flexibility index (Phi) is 4.16. The van der Waals surface area contributed by atoms with E-state index in [1.54, 1.807) is 0 Å². The number of carbonyl (C=O) groups is 2. The molecule has 2 aliphatic heterocycles. The van der Waals surface area contributed by atoms with Crippen molar-refractivity contribution in [2.75, 3.05) is 5.75 Å². The van der Waals surface area contributed by atoms with Crippen molar-refractivity contribution in [2.45, 2.75) is 30.4 Å². The summed E-state index contributed by atoms with van der Waals surface area (Å²) >= 11 is 0. The Morgan fingerprint density at radius 2 is 1.96 bits per heavy atom. The van der Waals surface area contributed by atoms with Crippen molar-refractivity contribution < 1.29 is 32.6 Å². The van der Waals surface area contributed by atoms with Crippen LogP contribution in [0.5, 0.6) is 0 Å². The van der Waals surface area contributed by atoms with Gasteiger partial charge in [-0.05, 0) is 43.2 Å². The summed E-state index contributed by atoms with van der Waals surface area (Å²) in [5, 5.41) is 19.1. The topological polar surface area (TPSA) is 112 Å². The maximum atomic E-state index is 13.0. The Morgan fingerprint density at radius 3 is 2.48 bits per heavy atom. The lowest BCUT2D eigenvalue weighted by Gasteiger charge is -2.44. The fraction of sp³-hybridized carbons (Fsp3) is 0.375. The van der Waals surface area contributed by atoms with E-state index < -0.39 is 51.3 Å². The molecule has 0 aromatic heterocycles. The second-order valence-electron chi connectivity index (χ2n) is 6.22. The number of carboxylic acid groups (broad SMARTS) is 1. The summed E-state index contributed by atoms with van der Waals surface area (Å²) in [4.78, 5) is 24.6. The molecule has 0 unspecified atom stereocenters. The van der Waals surface area contributed by atoms with E-state index in [0.29, 0.717) is 0 Å². The van der Waals surface area contributed by atoms with E-state index in [0.717, 1.165) is 29.2 Å². The van der Waals surface area contributed by atoms with Crippen LogP contribution >= 0.6 is 0 Å². The molecule has 3 atom stereocenters. The molecule has 2 heterocycles. The first kappa shape index (κ1) is 17.6. The molecule has 3 rings (SSSR count). The molecule has 0 saturated carbocycles. The minimum Gasteiger partial charge on any atom is -0.477 e. The molecule has 134 valence electrons. The normalized spacial score (nSPS) is 24.1. The number of β-lactam (4-membered cyclic amide) rings is 1. The largest absolute Gasteiger partial charge is 0.477 e. The molecule has 1 aromatic carbocycles. The van der Waals surface area contributed by atoms with Crippen molar-refractivity contribution in [2.24, 2.45) is 5.92 Å². The van der Waals surface area contributed by atoms with Crippen molar-refractivity contribution in [3.63, 3.8) is 0 Å². The summed E-state index contributed by atoms with van der Waals surface area (Å²) in [5.41, 5.74) is -0.226. The average molecular weight is 369 g/mol. The molecule has 2 aliphatic rings. The Hall–Kier alpha value is -2.26. The highest BCUT2D eigenvalue weighted by Crippen LogP contribution is 2.44. The zero-order valence-corrected chi connectivity index (χ0v) is 14.0. The maximum absolute atomic E-state index is 13.0. The number of halogens is 1. The van der Waals surface area contributed by atoms with Crippen LogP contribution < -0.4 is 0 Å². The Labute approximate surface area is 143 Å². The summed E-state index contributed by atoms with van der Waals surface area (Å²) in [6.07, 6.45) is -0.875. The summed E-state index contributed by atoms with van der Waals surface area (Å²) in [6, 6.07) is 3.69. The summed E-state index contributed by atoms with van der Waals surface area (Å²) in [5.74, 6) is -3.80. The SMILES string of the molecule is C[C@@H](O)[C@H]1C(=O)N2C(C(=O)O)=C(CS(=O)(=O)c3ccc(F)cc3)C[C@H]12. The molecular formula is C16H16FNO6S. The van der Waals surface area contributed by atoms with Crippen LogP contribution in [0.4, 0.5) is 4.39 Å².